The van der Waals surface area contributed by atoms with Crippen molar-refractivity contribution >= 4 is 17.6 Å². The molecule has 0 bridgehead atoms. The van der Waals surface area contributed by atoms with Gasteiger partial charge in [0.25, 0.3) is 0 Å². The number of anilines is 1. The standard InChI is InChI=1S/C22H27N5O2/c23-19(28)11-12-24-22(29)16-8-5-13-27(14-16)21-17-9-4-10-18(17)25-20(26-21)15-6-2-1-3-7-15/h1-3,6-7,16H,4-5,8-14H2,(H2,23,28)(H,24,29)/t16-/m1/s1. The number of nitrogens with zero attached hydrogens (tertiary/aromatic N) is 3. The molecular weight excluding hydrogens is 366 g/mol. The van der Waals surface area contributed by atoms with Gasteiger partial charge in [-0.05, 0) is 32.1 Å². The Morgan fingerprint density at radius 2 is 1.97 bits per heavy atom. The minimum atomic E-state index is -0.402. The number of hydrogen-bond donors (Lipinski definition) is 2. The molecule has 1 fully saturated rings. The van der Waals surface area contributed by atoms with Gasteiger partial charge in [-0.2, -0.15) is 0 Å². The fraction of sp³-hybridized carbons (Fsp3) is 0.455. The van der Waals surface area contributed by atoms with Gasteiger partial charge in [0.05, 0.1) is 5.92 Å². The Kier molecular flexibility index (Phi) is 5.74. The first-order chi connectivity index (χ1) is 14.1. The Hall–Kier alpha value is -2.96. The number of rotatable bonds is 6. The first-order valence-corrected chi connectivity index (χ1v) is 10.4. The van der Waals surface area contributed by atoms with Gasteiger partial charge in [0, 0.05) is 42.9 Å². The number of piperidine rings is 1. The SMILES string of the molecule is NC(=O)CCNC(=O)[C@@H]1CCCN(c2nc(-c3ccccc3)nc3c2CCC3)C1. The Morgan fingerprint density at radius 1 is 1.14 bits per heavy atom. The average molecular weight is 393 g/mol. The number of nitrogens with one attached hydrogen (secondary N) is 1. The number of aromatic nitrogens is 2. The molecule has 0 unspecified atom stereocenters. The molecule has 7 heteroatoms. The summed E-state index contributed by atoms with van der Waals surface area (Å²) < 4.78 is 0. The van der Waals surface area contributed by atoms with E-state index in [2.05, 4.69) is 10.2 Å². The zero-order chi connectivity index (χ0) is 20.2. The van der Waals surface area contributed by atoms with Gasteiger partial charge in [-0.3, -0.25) is 9.59 Å². The van der Waals surface area contributed by atoms with Crippen LogP contribution in [0, 0.1) is 5.92 Å². The van der Waals surface area contributed by atoms with Gasteiger partial charge in [0.1, 0.15) is 5.82 Å². The lowest BCUT2D eigenvalue weighted by atomic mass is 9.96. The van der Waals surface area contributed by atoms with Crippen molar-refractivity contribution < 1.29 is 9.59 Å². The molecule has 1 aromatic heterocycles. The first kappa shape index (κ1) is 19.4. The van der Waals surface area contributed by atoms with Crippen molar-refractivity contribution in [2.75, 3.05) is 24.5 Å². The van der Waals surface area contributed by atoms with Gasteiger partial charge >= 0.3 is 0 Å². The highest BCUT2D eigenvalue weighted by molar-refractivity contribution is 5.81. The maximum absolute atomic E-state index is 12.6. The van der Waals surface area contributed by atoms with Gasteiger partial charge in [-0.15, -0.1) is 0 Å². The fourth-order valence-corrected chi connectivity index (χ4v) is 4.23. The number of hydrogen-bond acceptors (Lipinski definition) is 5. The number of amides is 2. The normalized spacial score (nSPS) is 18.3. The van der Waals surface area contributed by atoms with Crippen LogP contribution >= 0.6 is 0 Å². The molecule has 2 amide bonds. The van der Waals surface area contributed by atoms with Gasteiger partial charge < -0.3 is 16.0 Å². The summed E-state index contributed by atoms with van der Waals surface area (Å²) in [5.41, 5.74) is 8.55. The molecule has 1 aliphatic carbocycles. The lowest BCUT2D eigenvalue weighted by molar-refractivity contribution is -0.125. The van der Waals surface area contributed by atoms with E-state index in [1.165, 1.54) is 5.56 Å². The minimum absolute atomic E-state index is 0.00932. The van der Waals surface area contributed by atoms with Crippen molar-refractivity contribution in [3.05, 3.63) is 41.6 Å². The van der Waals surface area contributed by atoms with Crippen molar-refractivity contribution in [3.8, 4) is 11.4 Å². The van der Waals surface area contributed by atoms with E-state index < -0.39 is 5.91 Å². The molecule has 1 aliphatic heterocycles. The van der Waals surface area contributed by atoms with Crippen LogP contribution in [0.2, 0.25) is 0 Å². The number of benzene rings is 1. The maximum Gasteiger partial charge on any atom is 0.224 e. The van der Waals surface area contributed by atoms with Crippen molar-refractivity contribution in [1.82, 2.24) is 15.3 Å². The third kappa shape index (κ3) is 4.39. The summed E-state index contributed by atoms with van der Waals surface area (Å²) in [5.74, 6) is 1.23. The van der Waals surface area contributed by atoms with Gasteiger partial charge in [-0.25, -0.2) is 9.97 Å². The Bertz CT molecular complexity index is 900. The van der Waals surface area contributed by atoms with Crippen LogP contribution < -0.4 is 16.0 Å². The van der Waals surface area contributed by atoms with Crippen LogP contribution in [0.1, 0.15) is 36.9 Å². The van der Waals surface area contributed by atoms with E-state index in [1.807, 2.05) is 30.3 Å². The summed E-state index contributed by atoms with van der Waals surface area (Å²) in [6.45, 7) is 1.83. The Morgan fingerprint density at radius 3 is 2.76 bits per heavy atom. The number of carbonyl (C=O) groups is 2. The molecule has 7 nitrogen and oxygen atoms in total. The van der Waals surface area contributed by atoms with E-state index in [0.717, 1.165) is 61.5 Å². The quantitative estimate of drug-likeness (QED) is 0.780. The molecular formula is C22H27N5O2. The van der Waals surface area contributed by atoms with Gasteiger partial charge in [-0.1, -0.05) is 30.3 Å². The predicted octanol–water partition coefficient (Wildman–Crippen LogP) is 1.84. The highest BCUT2D eigenvalue weighted by atomic mass is 16.2. The highest BCUT2D eigenvalue weighted by Gasteiger charge is 2.30. The molecule has 0 radical (unpaired) electrons. The van der Waals surface area contributed by atoms with Crippen LogP contribution in [0.25, 0.3) is 11.4 Å². The molecule has 152 valence electrons. The average Bonchev–Trinajstić information content (AvgIpc) is 3.22. The summed E-state index contributed by atoms with van der Waals surface area (Å²) >= 11 is 0. The number of fused-ring (bicyclic) bond motifs is 1. The summed E-state index contributed by atoms with van der Waals surface area (Å²) in [7, 11) is 0. The molecule has 2 aromatic rings. The van der Waals surface area contributed by atoms with Crippen molar-refractivity contribution in [2.24, 2.45) is 11.7 Å². The first-order valence-electron chi connectivity index (χ1n) is 10.4. The van der Waals surface area contributed by atoms with E-state index in [0.29, 0.717) is 13.1 Å². The molecule has 0 saturated carbocycles. The van der Waals surface area contributed by atoms with E-state index in [-0.39, 0.29) is 18.2 Å². The van der Waals surface area contributed by atoms with Crippen molar-refractivity contribution in [2.45, 2.75) is 38.5 Å². The van der Waals surface area contributed by atoms with Crippen molar-refractivity contribution in [1.29, 1.82) is 0 Å². The Labute approximate surface area is 170 Å². The maximum atomic E-state index is 12.6. The molecule has 3 N–H and O–H groups in total. The third-order valence-electron chi connectivity index (χ3n) is 5.71. The molecule has 0 spiro atoms. The second-order valence-corrected chi connectivity index (χ2v) is 7.81. The molecule has 2 heterocycles. The molecule has 2 aliphatic rings. The van der Waals surface area contributed by atoms with Crippen LogP contribution in [0.4, 0.5) is 5.82 Å². The smallest absolute Gasteiger partial charge is 0.224 e. The monoisotopic (exact) mass is 393 g/mol. The number of carbonyl (C=O) groups excluding carboxylic acids is 2. The second kappa shape index (κ2) is 8.59. The van der Waals surface area contributed by atoms with Crippen LogP contribution in [-0.2, 0) is 22.4 Å². The van der Waals surface area contributed by atoms with Gasteiger partial charge in [0.15, 0.2) is 5.82 Å². The topological polar surface area (TPSA) is 101 Å². The van der Waals surface area contributed by atoms with Crippen molar-refractivity contribution in [3.63, 3.8) is 0 Å². The summed E-state index contributed by atoms with van der Waals surface area (Å²) in [4.78, 5) is 35.5. The second-order valence-electron chi connectivity index (χ2n) is 7.81. The van der Waals surface area contributed by atoms with E-state index in [1.54, 1.807) is 0 Å². The van der Waals surface area contributed by atoms with Crippen LogP contribution in [0.5, 0.6) is 0 Å². The molecule has 1 saturated heterocycles. The zero-order valence-electron chi connectivity index (χ0n) is 16.6. The molecule has 1 aromatic carbocycles. The van der Waals surface area contributed by atoms with Crippen LogP contribution in [0.3, 0.4) is 0 Å². The molecule has 4 rings (SSSR count). The van der Waals surface area contributed by atoms with E-state index in [9.17, 15) is 9.59 Å². The van der Waals surface area contributed by atoms with Gasteiger partial charge in [0.2, 0.25) is 11.8 Å². The van der Waals surface area contributed by atoms with Crippen LogP contribution in [0.15, 0.2) is 30.3 Å². The largest absolute Gasteiger partial charge is 0.370 e. The molecule has 29 heavy (non-hydrogen) atoms. The number of primary amides is 1. The predicted molar refractivity (Wildman–Crippen MR) is 111 cm³/mol. The summed E-state index contributed by atoms with van der Waals surface area (Å²) in [6.07, 6.45) is 5.02. The van der Waals surface area contributed by atoms with E-state index >= 15 is 0 Å². The fourth-order valence-electron chi connectivity index (χ4n) is 4.23. The Balaban J connectivity index is 1.55. The zero-order valence-corrected chi connectivity index (χ0v) is 16.6. The number of aryl methyl sites for hydroxylation is 1. The summed E-state index contributed by atoms with van der Waals surface area (Å²) in [5, 5.41) is 2.85. The minimum Gasteiger partial charge on any atom is -0.370 e. The highest BCUT2D eigenvalue weighted by Crippen LogP contribution is 2.33. The van der Waals surface area contributed by atoms with E-state index in [4.69, 9.17) is 15.7 Å². The van der Waals surface area contributed by atoms with Crippen LogP contribution in [-0.4, -0.2) is 41.4 Å². The lowest BCUT2D eigenvalue weighted by Gasteiger charge is -2.34. The third-order valence-corrected chi connectivity index (χ3v) is 5.71. The molecule has 1 atom stereocenters. The summed E-state index contributed by atoms with van der Waals surface area (Å²) in [6, 6.07) is 10.1. The number of nitrogens with two attached hydrogens (primary N) is 1. The lowest BCUT2D eigenvalue weighted by Crippen LogP contribution is -2.44.